The molecule has 6 aromatic carbocycles. The van der Waals surface area contributed by atoms with Crippen LogP contribution in [0.15, 0.2) is 115 Å². The second-order valence-corrected chi connectivity index (χ2v) is 14.4. The van der Waals surface area contributed by atoms with Crippen LogP contribution in [0.25, 0.3) is 75.8 Å². The predicted octanol–water partition coefficient (Wildman–Crippen LogP) is 9.95. The lowest BCUT2D eigenvalue weighted by Gasteiger charge is -2.16. The van der Waals surface area contributed by atoms with Gasteiger partial charge in [0.2, 0.25) is 0 Å². The van der Waals surface area contributed by atoms with Gasteiger partial charge in [0.1, 0.15) is 0 Å². The maximum atomic E-state index is 13.4. The fourth-order valence-corrected chi connectivity index (χ4v) is 8.98. The van der Waals surface area contributed by atoms with Crippen LogP contribution in [0.3, 0.4) is 0 Å². The SMILES string of the molecule is [C-]#[N+]c1ccc2c(c1)c1cc([N+]#[C-])ccc1n2-c1ccc2c(c1)-c1cc(-n3c4ccccc4c4cc(C#N)ccc43)ccc1CS(=O)(=O)C2. The molecule has 49 heavy (non-hydrogen) atoms. The molecule has 0 saturated carbocycles. The Bertz CT molecular complexity index is 2930. The fourth-order valence-electron chi connectivity index (χ4n) is 7.42. The smallest absolute Gasteiger partial charge is 0.188 e. The number of aromatic nitrogens is 2. The van der Waals surface area contributed by atoms with Gasteiger partial charge >= 0.3 is 0 Å². The third kappa shape index (κ3) is 4.35. The van der Waals surface area contributed by atoms with E-state index in [0.717, 1.165) is 77.2 Å². The summed E-state index contributed by atoms with van der Waals surface area (Å²) in [7, 11) is -3.44. The van der Waals surface area contributed by atoms with Crippen LogP contribution in [0.2, 0.25) is 0 Å². The van der Waals surface area contributed by atoms with Crippen LogP contribution in [0.4, 0.5) is 11.4 Å². The zero-order valence-electron chi connectivity index (χ0n) is 25.8. The van der Waals surface area contributed by atoms with Gasteiger partial charge in [-0.2, -0.15) is 5.26 Å². The van der Waals surface area contributed by atoms with Crippen molar-refractivity contribution >= 4 is 64.8 Å². The van der Waals surface area contributed by atoms with Crippen LogP contribution >= 0.6 is 0 Å². The molecule has 3 heterocycles. The Morgan fingerprint density at radius 2 is 1.06 bits per heavy atom. The number of nitrogens with zero attached hydrogens (tertiary/aromatic N) is 5. The second kappa shape index (κ2) is 10.4. The van der Waals surface area contributed by atoms with Crippen molar-refractivity contribution in [1.29, 1.82) is 5.26 Å². The van der Waals surface area contributed by atoms with Gasteiger partial charge in [-0.3, -0.25) is 0 Å². The highest BCUT2D eigenvalue weighted by Gasteiger charge is 2.26. The third-order valence-electron chi connectivity index (χ3n) is 9.54. The van der Waals surface area contributed by atoms with Crippen molar-refractivity contribution in [2.75, 3.05) is 0 Å². The maximum absolute atomic E-state index is 13.4. The normalized spacial score (nSPS) is 13.4. The summed E-state index contributed by atoms with van der Waals surface area (Å²) in [6, 6.07) is 39.1. The van der Waals surface area contributed by atoms with Crippen LogP contribution in [-0.2, 0) is 21.3 Å². The number of nitriles is 1. The first kappa shape index (κ1) is 28.6. The first-order chi connectivity index (χ1) is 23.9. The van der Waals surface area contributed by atoms with Gasteiger partial charge in [-0.1, -0.05) is 42.5 Å². The van der Waals surface area contributed by atoms with E-state index in [-0.39, 0.29) is 11.5 Å². The van der Waals surface area contributed by atoms with E-state index in [9.17, 15) is 13.7 Å². The lowest BCUT2D eigenvalue weighted by molar-refractivity contribution is 0.595. The van der Waals surface area contributed by atoms with Crippen LogP contribution < -0.4 is 0 Å². The molecule has 0 unspecified atom stereocenters. The van der Waals surface area contributed by atoms with E-state index in [2.05, 4.69) is 49.2 Å². The summed E-state index contributed by atoms with van der Waals surface area (Å²) >= 11 is 0. The Hall–Kier alpha value is -6.66. The summed E-state index contributed by atoms with van der Waals surface area (Å²) in [6.07, 6.45) is 0. The minimum absolute atomic E-state index is 0.0699. The topological polar surface area (TPSA) is 76.5 Å². The first-order valence-electron chi connectivity index (χ1n) is 15.6. The van der Waals surface area contributed by atoms with Crippen molar-refractivity contribution in [2.45, 2.75) is 11.5 Å². The van der Waals surface area contributed by atoms with E-state index in [1.807, 2.05) is 78.9 Å². The average molecular weight is 650 g/mol. The van der Waals surface area contributed by atoms with Crippen LogP contribution in [0, 0.1) is 24.5 Å². The monoisotopic (exact) mass is 649 g/mol. The van der Waals surface area contributed by atoms with E-state index in [1.54, 1.807) is 12.1 Å². The average Bonchev–Trinajstić information content (AvgIpc) is 3.59. The van der Waals surface area contributed by atoms with Crippen LogP contribution in [-0.4, -0.2) is 17.6 Å². The van der Waals surface area contributed by atoms with E-state index in [1.165, 1.54) is 0 Å². The lowest BCUT2D eigenvalue weighted by Crippen LogP contribution is -2.05. The Morgan fingerprint density at radius 1 is 0.571 bits per heavy atom. The summed E-state index contributed by atoms with van der Waals surface area (Å²) in [5, 5.41) is 13.4. The standard InChI is InChI=1S/C41H23N5O2S/c1-43-28-10-15-40-36(18-28)37-19-29(44-2)11-16-41(37)46(40)31-13-9-27-24-49(47,48)23-26-8-12-30(20-33(26)34(27)21-31)45-38-6-4-3-5-32(38)35-17-25(22-42)7-14-39(35)45/h3-21H,23-24H2. The minimum atomic E-state index is -3.44. The van der Waals surface area contributed by atoms with Crippen LogP contribution in [0.5, 0.6) is 0 Å². The van der Waals surface area contributed by atoms with Gasteiger partial charge in [0.25, 0.3) is 0 Å². The van der Waals surface area contributed by atoms with Crippen molar-refractivity contribution < 1.29 is 8.42 Å². The van der Waals surface area contributed by atoms with Crippen molar-refractivity contribution in [3.8, 4) is 28.6 Å². The maximum Gasteiger partial charge on any atom is 0.188 e. The Morgan fingerprint density at radius 3 is 1.59 bits per heavy atom. The summed E-state index contributed by atoms with van der Waals surface area (Å²) in [4.78, 5) is 7.28. The largest absolute Gasteiger partial charge is 0.309 e. The molecule has 0 fully saturated rings. The number of fused-ring (bicyclic) bond motifs is 9. The van der Waals surface area contributed by atoms with Gasteiger partial charge in [0, 0.05) is 22.1 Å². The Balaban J connectivity index is 1.31. The zero-order chi connectivity index (χ0) is 33.4. The van der Waals surface area contributed by atoms with Gasteiger partial charge in [-0.05, 0) is 106 Å². The zero-order valence-corrected chi connectivity index (χ0v) is 26.7. The highest BCUT2D eigenvalue weighted by Crippen LogP contribution is 2.41. The summed E-state index contributed by atoms with van der Waals surface area (Å²) in [5.41, 5.74) is 10.2. The van der Waals surface area contributed by atoms with E-state index in [0.29, 0.717) is 16.9 Å². The quantitative estimate of drug-likeness (QED) is 0.175. The molecule has 0 bridgehead atoms. The molecule has 8 aromatic rings. The molecule has 0 N–H and O–H groups in total. The van der Waals surface area contributed by atoms with Gasteiger partial charge in [-0.15, -0.1) is 0 Å². The van der Waals surface area contributed by atoms with Gasteiger partial charge in [-0.25, -0.2) is 18.1 Å². The lowest BCUT2D eigenvalue weighted by atomic mass is 9.95. The van der Waals surface area contributed by atoms with E-state index >= 15 is 0 Å². The predicted molar refractivity (Wildman–Crippen MR) is 194 cm³/mol. The van der Waals surface area contributed by atoms with Crippen molar-refractivity contribution in [1.82, 2.24) is 9.13 Å². The van der Waals surface area contributed by atoms with Crippen molar-refractivity contribution in [2.24, 2.45) is 0 Å². The minimum Gasteiger partial charge on any atom is -0.309 e. The molecular formula is C41H23N5O2S. The highest BCUT2D eigenvalue weighted by atomic mass is 32.2. The Kier molecular flexibility index (Phi) is 6.07. The molecule has 230 valence electrons. The summed E-state index contributed by atoms with van der Waals surface area (Å²) in [6.45, 7) is 15.2. The number of hydrogen-bond acceptors (Lipinski definition) is 3. The summed E-state index contributed by atoms with van der Waals surface area (Å²) < 4.78 is 31.1. The Labute approximate surface area is 281 Å². The third-order valence-corrected chi connectivity index (χ3v) is 11.0. The van der Waals surface area contributed by atoms with E-state index in [4.69, 9.17) is 13.1 Å². The highest BCUT2D eigenvalue weighted by molar-refractivity contribution is 7.89. The molecule has 1 aliphatic heterocycles. The molecule has 0 atom stereocenters. The molecule has 8 heteroatoms. The summed E-state index contributed by atoms with van der Waals surface area (Å²) in [5.74, 6) is -0.144. The molecule has 0 amide bonds. The van der Waals surface area contributed by atoms with Crippen molar-refractivity contribution in [3.05, 3.63) is 155 Å². The molecule has 1 aliphatic rings. The van der Waals surface area contributed by atoms with Gasteiger partial charge in [0.15, 0.2) is 21.2 Å². The van der Waals surface area contributed by atoms with Crippen molar-refractivity contribution in [3.63, 3.8) is 0 Å². The number of hydrogen-bond donors (Lipinski definition) is 0. The molecule has 0 spiro atoms. The molecule has 2 aromatic heterocycles. The molecule has 0 aliphatic carbocycles. The number of para-hydroxylation sites is 1. The molecular weight excluding hydrogens is 627 g/mol. The number of benzene rings is 6. The van der Waals surface area contributed by atoms with Crippen LogP contribution in [0.1, 0.15) is 16.7 Å². The molecule has 9 rings (SSSR count). The molecule has 7 nitrogen and oxygen atoms in total. The first-order valence-corrected chi connectivity index (χ1v) is 17.4. The fraction of sp³-hybridized carbons (Fsp3) is 0.0488. The van der Waals surface area contributed by atoms with E-state index < -0.39 is 9.84 Å². The second-order valence-electron chi connectivity index (χ2n) is 12.4. The number of rotatable bonds is 2. The molecule has 0 saturated heterocycles. The molecule has 0 radical (unpaired) electrons. The number of sulfone groups is 1. The van der Waals surface area contributed by atoms with Gasteiger partial charge < -0.3 is 9.13 Å². The van der Waals surface area contributed by atoms with Gasteiger partial charge in [0.05, 0.1) is 58.3 Å².